The first kappa shape index (κ1) is 64.9. The highest BCUT2D eigenvalue weighted by atomic mass is 31.2. The lowest BCUT2D eigenvalue weighted by Crippen LogP contribution is -2.43. The SMILES string of the molecule is CC/C=C\C/C=C\C/C=C\C/C=C\C/C=C\C/C=C\CCCCC(=O)OCC(O)COP(=O)(O)OCC(NC(=O)CCCCCCCCCCCCCCCCCCCCCCCCC)C(=O)O. The molecular weight excluding hydrogens is 878 g/mol. The molecule has 0 radical (unpaired) electrons. The van der Waals surface area contributed by atoms with Gasteiger partial charge in [0.1, 0.15) is 12.7 Å². The van der Waals surface area contributed by atoms with Gasteiger partial charge in [-0.15, -0.1) is 0 Å². The van der Waals surface area contributed by atoms with Gasteiger partial charge in [-0.25, -0.2) is 9.36 Å². The molecule has 3 unspecified atom stereocenters. The number of carbonyl (C=O) groups excluding carboxylic acids is 2. The number of unbranched alkanes of at least 4 members (excludes halogenated alkanes) is 24. The molecule has 11 nitrogen and oxygen atoms in total. The van der Waals surface area contributed by atoms with E-state index in [1.54, 1.807) is 0 Å². The van der Waals surface area contributed by atoms with Crippen LogP contribution in [0.1, 0.15) is 232 Å². The maximum Gasteiger partial charge on any atom is 0.472 e. The highest BCUT2D eigenvalue weighted by Gasteiger charge is 2.28. The number of nitrogens with one attached hydrogen (secondary N) is 1. The number of aliphatic hydroxyl groups is 1. The van der Waals surface area contributed by atoms with Crippen molar-refractivity contribution < 1.29 is 47.8 Å². The molecule has 392 valence electrons. The zero-order valence-electron chi connectivity index (χ0n) is 42.9. The Morgan fingerprint density at radius 3 is 1.26 bits per heavy atom. The molecule has 0 fully saturated rings. The highest BCUT2D eigenvalue weighted by molar-refractivity contribution is 7.47. The van der Waals surface area contributed by atoms with Gasteiger partial charge in [-0.05, 0) is 64.2 Å². The molecule has 68 heavy (non-hydrogen) atoms. The van der Waals surface area contributed by atoms with Crippen LogP contribution in [0, 0.1) is 0 Å². The molecule has 0 aliphatic carbocycles. The van der Waals surface area contributed by atoms with Gasteiger partial charge in [-0.3, -0.25) is 18.6 Å². The van der Waals surface area contributed by atoms with Gasteiger partial charge in [0.2, 0.25) is 5.91 Å². The summed E-state index contributed by atoms with van der Waals surface area (Å²) in [7, 11) is -4.78. The molecule has 0 aromatic heterocycles. The molecule has 3 atom stereocenters. The van der Waals surface area contributed by atoms with E-state index in [2.05, 4.69) is 92.1 Å². The number of aliphatic hydroxyl groups excluding tert-OH is 1. The van der Waals surface area contributed by atoms with Crippen molar-refractivity contribution >= 4 is 25.7 Å². The Balaban J connectivity index is 3.86. The average Bonchev–Trinajstić information content (AvgIpc) is 3.32. The van der Waals surface area contributed by atoms with E-state index in [1.807, 2.05) is 0 Å². The summed E-state index contributed by atoms with van der Waals surface area (Å²) >= 11 is 0. The number of allylic oxidation sites excluding steroid dienone is 12. The van der Waals surface area contributed by atoms with E-state index < -0.39 is 57.6 Å². The predicted molar refractivity (Wildman–Crippen MR) is 281 cm³/mol. The summed E-state index contributed by atoms with van der Waals surface area (Å²) in [4.78, 5) is 46.2. The number of carboxylic acid groups (broad SMARTS) is 1. The molecule has 1 amide bonds. The minimum Gasteiger partial charge on any atom is -0.480 e. The molecule has 4 N–H and O–H groups in total. The van der Waals surface area contributed by atoms with Crippen LogP contribution in [0.3, 0.4) is 0 Å². The Kier molecular flexibility index (Phi) is 48.0. The highest BCUT2D eigenvalue weighted by Crippen LogP contribution is 2.43. The van der Waals surface area contributed by atoms with Crippen LogP contribution in [0.4, 0.5) is 0 Å². The third-order valence-corrected chi connectivity index (χ3v) is 12.5. The van der Waals surface area contributed by atoms with Gasteiger partial charge in [0.05, 0.1) is 13.2 Å². The molecule has 0 spiro atoms. The van der Waals surface area contributed by atoms with E-state index in [1.165, 1.54) is 122 Å². The number of ether oxygens (including phenoxy) is 1. The first-order chi connectivity index (χ1) is 33.1. The van der Waals surface area contributed by atoms with Crippen molar-refractivity contribution in [1.82, 2.24) is 5.32 Å². The summed E-state index contributed by atoms with van der Waals surface area (Å²) in [5, 5.41) is 21.9. The first-order valence-electron chi connectivity index (χ1n) is 27.0. The van der Waals surface area contributed by atoms with Crippen LogP contribution in [0.5, 0.6) is 0 Å². The maximum absolute atomic E-state index is 12.4. The summed E-state index contributed by atoms with van der Waals surface area (Å²) in [6.07, 6.45) is 62.2. The van der Waals surface area contributed by atoms with Crippen molar-refractivity contribution in [3.63, 3.8) is 0 Å². The smallest absolute Gasteiger partial charge is 0.472 e. The summed E-state index contributed by atoms with van der Waals surface area (Å²) in [6, 6.07) is -1.55. The fourth-order valence-corrected chi connectivity index (χ4v) is 8.15. The Morgan fingerprint density at radius 2 is 0.853 bits per heavy atom. The Bertz CT molecular complexity index is 1420. The largest absolute Gasteiger partial charge is 0.480 e. The number of phosphoric acid groups is 1. The van der Waals surface area contributed by atoms with Gasteiger partial charge in [0, 0.05) is 12.8 Å². The lowest BCUT2D eigenvalue weighted by Gasteiger charge is -2.18. The molecule has 0 saturated carbocycles. The molecule has 0 saturated heterocycles. The average molecular weight is 976 g/mol. The molecule has 0 aromatic carbocycles. The van der Waals surface area contributed by atoms with Crippen LogP contribution in [0.15, 0.2) is 72.9 Å². The van der Waals surface area contributed by atoms with Crippen LogP contribution in [0.2, 0.25) is 0 Å². The minimum atomic E-state index is -4.78. The lowest BCUT2D eigenvalue weighted by atomic mass is 10.0. The number of carboxylic acids is 1. The summed E-state index contributed by atoms with van der Waals surface area (Å²) in [6.45, 7) is 2.47. The number of rotatable bonds is 50. The van der Waals surface area contributed by atoms with Crippen LogP contribution in [-0.4, -0.2) is 64.9 Å². The number of hydrogen-bond donors (Lipinski definition) is 4. The molecule has 0 heterocycles. The van der Waals surface area contributed by atoms with Crippen molar-refractivity contribution in [2.24, 2.45) is 0 Å². The number of carbonyl (C=O) groups is 3. The standard InChI is InChI=1S/C56H98NO10P/c1-3-5-7-9-11-13-15-17-19-21-23-25-26-28-29-31-33-35-37-39-41-43-45-47-54(59)57-53(56(61)62)51-67-68(63,64)66-50-52(58)49-65-55(60)48-46-44-42-40-38-36-34-32-30-27-24-22-20-18-16-14-12-10-8-6-4-2/h6,8,12,14,18,20,24,27,32,34,38,40,52-53,58H,3-5,7,9-11,13,15-17,19,21-23,25-26,28-31,33,35-37,39,41-51H2,1-2H3,(H,57,59)(H,61,62)(H,63,64)/b8-6-,14-12-,20-18-,27-24-,34-32-,40-38-. The Hall–Kier alpha value is -3.08. The van der Waals surface area contributed by atoms with Gasteiger partial charge >= 0.3 is 19.8 Å². The monoisotopic (exact) mass is 976 g/mol. The molecule has 0 aromatic rings. The molecule has 0 rings (SSSR count). The van der Waals surface area contributed by atoms with Gasteiger partial charge in [0.15, 0.2) is 6.04 Å². The zero-order valence-corrected chi connectivity index (χ0v) is 43.8. The number of aliphatic carboxylic acids is 1. The Morgan fingerprint density at radius 1 is 0.485 bits per heavy atom. The number of hydrogen-bond acceptors (Lipinski definition) is 8. The van der Waals surface area contributed by atoms with E-state index in [-0.39, 0.29) is 12.8 Å². The summed E-state index contributed by atoms with van der Waals surface area (Å²) < 4.78 is 26.9. The van der Waals surface area contributed by atoms with Crippen LogP contribution >= 0.6 is 7.82 Å². The van der Waals surface area contributed by atoms with Crippen molar-refractivity contribution in [3.8, 4) is 0 Å². The molecule has 0 bridgehead atoms. The molecule has 0 aliphatic heterocycles. The minimum absolute atomic E-state index is 0.144. The van der Waals surface area contributed by atoms with Crippen molar-refractivity contribution in [3.05, 3.63) is 72.9 Å². The van der Waals surface area contributed by atoms with Crippen molar-refractivity contribution in [2.45, 2.75) is 244 Å². The van der Waals surface area contributed by atoms with Gasteiger partial charge in [-0.2, -0.15) is 0 Å². The summed E-state index contributed by atoms with van der Waals surface area (Å²) in [5.41, 5.74) is 0. The van der Waals surface area contributed by atoms with Crippen LogP contribution in [-0.2, 0) is 32.7 Å². The van der Waals surface area contributed by atoms with Gasteiger partial charge in [0.25, 0.3) is 0 Å². The second-order valence-corrected chi connectivity index (χ2v) is 19.5. The second kappa shape index (κ2) is 50.3. The van der Waals surface area contributed by atoms with E-state index in [9.17, 15) is 34.1 Å². The van der Waals surface area contributed by atoms with E-state index in [0.29, 0.717) is 12.8 Å². The first-order valence-corrected chi connectivity index (χ1v) is 28.5. The second-order valence-electron chi connectivity index (χ2n) is 18.0. The third kappa shape index (κ3) is 49.3. The quantitative estimate of drug-likeness (QED) is 0.0199. The van der Waals surface area contributed by atoms with Gasteiger partial charge < -0.3 is 25.2 Å². The normalized spacial score (nSPS) is 14.1. The fraction of sp³-hybridized carbons (Fsp3) is 0.732. The van der Waals surface area contributed by atoms with E-state index >= 15 is 0 Å². The van der Waals surface area contributed by atoms with Crippen molar-refractivity contribution in [2.75, 3.05) is 19.8 Å². The lowest BCUT2D eigenvalue weighted by molar-refractivity contribution is -0.147. The molecule has 12 heteroatoms. The maximum atomic E-state index is 12.4. The third-order valence-electron chi connectivity index (χ3n) is 11.5. The van der Waals surface area contributed by atoms with Crippen LogP contribution in [0.25, 0.3) is 0 Å². The molecular formula is C56H98NO10P. The summed E-state index contributed by atoms with van der Waals surface area (Å²) in [5.74, 6) is -2.41. The van der Waals surface area contributed by atoms with E-state index in [4.69, 9.17) is 13.8 Å². The van der Waals surface area contributed by atoms with Crippen molar-refractivity contribution in [1.29, 1.82) is 0 Å². The zero-order chi connectivity index (χ0) is 49.9. The van der Waals surface area contributed by atoms with Gasteiger partial charge in [-0.1, -0.05) is 228 Å². The van der Waals surface area contributed by atoms with E-state index in [0.717, 1.165) is 70.6 Å². The predicted octanol–water partition coefficient (Wildman–Crippen LogP) is 15.2. The molecule has 0 aliphatic rings. The topological polar surface area (TPSA) is 169 Å². The Labute approximate surface area is 414 Å². The number of amides is 1. The fourth-order valence-electron chi connectivity index (χ4n) is 7.38. The number of esters is 1. The van der Waals surface area contributed by atoms with Crippen LogP contribution < -0.4 is 5.32 Å². The number of phosphoric ester groups is 1.